The number of hydrogen-bond donors (Lipinski definition) is 1. The van der Waals surface area contributed by atoms with E-state index in [9.17, 15) is 9.90 Å². The van der Waals surface area contributed by atoms with Crippen molar-refractivity contribution in [3.05, 3.63) is 12.2 Å². The van der Waals surface area contributed by atoms with Gasteiger partial charge in [0.2, 0.25) is 0 Å². The van der Waals surface area contributed by atoms with Crippen molar-refractivity contribution in [1.29, 1.82) is 0 Å². The van der Waals surface area contributed by atoms with Crippen LogP contribution >= 0.6 is 22.6 Å². The molecule has 6 atom stereocenters. The molecule has 90 valence electrons. The van der Waals surface area contributed by atoms with Gasteiger partial charge in [0, 0.05) is 0 Å². The number of ether oxygens (including phenoxy) is 2. The average Bonchev–Trinajstić information content (AvgIpc) is 2.50. The second-order valence-electron chi connectivity index (χ2n) is 4.19. The minimum absolute atomic E-state index is 0.118. The molecule has 0 spiro atoms. The van der Waals surface area contributed by atoms with Gasteiger partial charge in [-0.05, 0) is 13.8 Å². The third-order valence-corrected chi connectivity index (χ3v) is 4.54. The van der Waals surface area contributed by atoms with Crippen LogP contribution in [0.3, 0.4) is 0 Å². The van der Waals surface area contributed by atoms with Crippen LogP contribution in [0.5, 0.6) is 0 Å². The zero-order chi connectivity index (χ0) is 11.9. The third kappa shape index (κ3) is 1.89. The van der Waals surface area contributed by atoms with Crippen molar-refractivity contribution in [2.45, 2.75) is 42.2 Å². The summed E-state index contributed by atoms with van der Waals surface area (Å²) >= 11 is 2.13. The molecule has 0 bridgehead atoms. The van der Waals surface area contributed by atoms with Gasteiger partial charge in [0.15, 0.2) is 0 Å². The standard InChI is InChI=1S/C11H15IO4/c1-3-4-6-8(12)9(13)7-10(16-6)5(2)15-11(7)14/h3-10,13H,1-2H3/b4-3+/t5-,6-,7-,8-,9-,10+/m0/s1. The van der Waals surface area contributed by atoms with Gasteiger partial charge in [-0.2, -0.15) is 0 Å². The van der Waals surface area contributed by atoms with Crippen LogP contribution in [-0.2, 0) is 14.3 Å². The first kappa shape index (κ1) is 12.3. The Hall–Kier alpha value is -0.140. The molecule has 2 aliphatic heterocycles. The highest BCUT2D eigenvalue weighted by Crippen LogP contribution is 2.38. The second kappa shape index (κ2) is 4.62. The van der Waals surface area contributed by atoms with E-state index in [1.807, 2.05) is 19.1 Å². The van der Waals surface area contributed by atoms with E-state index in [4.69, 9.17) is 9.47 Å². The number of cyclic esters (lactones) is 1. The molecule has 2 heterocycles. The summed E-state index contributed by atoms with van der Waals surface area (Å²) in [6, 6.07) is 0. The molecule has 5 heteroatoms. The van der Waals surface area contributed by atoms with E-state index >= 15 is 0 Å². The molecule has 2 saturated heterocycles. The van der Waals surface area contributed by atoms with E-state index in [1.54, 1.807) is 6.92 Å². The Morgan fingerprint density at radius 3 is 2.81 bits per heavy atom. The smallest absolute Gasteiger partial charge is 0.314 e. The van der Waals surface area contributed by atoms with Gasteiger partial charge in [0.25, 0.3) is 0 Å². The maximum Gasteiger partial charge on any atom is 0.314 e. The van der Waals surface area contributed by atoms with Crippen molar-refractivity contribution in [1.82, 2.24) is 0 Å². The molecular formula is C11H15IO4. The molecule has 4 nitrogen and oxygen atoms in total. The summed E-state index contributed by atoms with van der Waals surface area (Å²) in [6.45, 7) is 3.71. The first-order valence-electron chi connectivity index (χ1n) is 5.37. The SMILES string of the molecule is C/C=C/[C@@H]1O[C@H]2[C@@H](C(=O)O[C@H]2C)[C@H](O)[C@H]1I. The minimum Gasteiger partial charge on any atom is -0.460 e. The molecule has 2 rings (SSSR count). The number of carbonyl (C=O) groups excluding carboxylic acids is 1. The summed E-state index contributed by atoms with van der Waals surface area (Å²) in [4.78, 5) is 11.6. The van der Waals surface area contributed by atoms with Crippen molar-refractivity contribution < 1.29 is 19.4 Å². The van der Waals surface area contributed by atoms with Crippen molar-refractivity contribution in [2.75, 3.05) is 0 Å². The summed E-state index contributed by atoms with van der Waals surface area (Å²) in [7, 11) is 0. The summed E-state index contributed by atoms with van der Waals surface area (Å²) in [5.41, 5.74) is 0. The van der Waals surface area contributed by atoms with E-state index in [1.165, 1.54) is 0 Å². The lowest BCUT2D eigenvalue weighted by Crippen LogP contribution is -2.52. The third-order valence-electron chi connectivity index (χ3n) is 3.10. The number of aliphatic hydroxyl groups excluding tert-OH is 1. The number of esters is 1. The van der Waals surface area contributed by atoms with E-state index in [2.05, 4.69) is 22.6 Å². The Bertz CT molecular complexity index is 317. The van der Waals surface area contributed by atoms with Gasteiger partial charge >= 0.3 is 5.97 Å². The first-order valence-corrected chi connectivity index (χ1v) is 6.61. The van der Waals surface area contributed by atoms with Gasteiger partial charge < -0.3 is 14.6 Å². The van der Waals surface area contributed by atoms with Gasteiger partial charge in [0.05, 0.1) is 16.1 Å². The van der Waals surface area contributed by atoms with Crippen LogP contribution in [0.25, 0.3) is 0 Å². The molecule has 0 radical (unpaired) electrons. The van der Waals surface area contributed by atoms with Crippen LogP contribution in [0.4, 0.5) is 0 Å². The monoisotopic (exact) mass is 338 g/mol. The van der Waals surface area contributed by atoms with Crippen molar-refractivity contribution in [3.63, 3.8) is 0 Å². The molecule has 2 fully saturated rings. The topological polar surface area (TPSA) is 55.8 Å². The van der Waals surface area contributed by atoms with Gasteiger partial charge in [-0.3, -0.25) is 4.79 Å². The lowest BCUT2D eigenvalue weighted by molar-refractivity contribution is -0.148. The molecule has 0 aromatic rings. The molecule has 0 aliphatic carbocycles. The van der Waals surface area contributed by atoms with Gasteiger partial charge in [-0.15, -0.1) is 0 Å². The van der Waals surface area contributed by atoms with Crippen LogP contribution in [0.1, 0.15) is 13.8 Å². The van der Waals surface area contributed by atoms with Crippen molar-refractivity contribution in [2.24, 2.45) is 5.92 Å². The number of rotatable bonds is 1. The highest BCUT2D eigenvalue weighted by molar-refractivity contribution is 14.1. The Kier molecular flexibility index (Phi) is 3.56. The predicted molar refractivity (Wildman–Crippen MR) is 66.3 cm³/mol. The van der Waals surface area contributed by atoms with Gasteiger partial charge in [-0.1, -0.05) is 34.7 Å². The summed E-state index contributed by atoms with van der Waals surface area (Å²) < 4.78 is 10.8. The zero-order valence-electron chi connectivity index (χ0n) is 9.17. The number of alkyl halides is 1. The Balaban J connectivity index is 2.23. The van der Waals surface area contributed by atoms with E-state index in [0.717, 1.165) is 0 Å². The van der Waals surface area contributed by atoms with Crippen LogP contribution in [0.2, 0.25) is 0 Å². The van der Waals surface area contributed by atoms with Crippen molar-refractivity contribution >= 4 is 28.6 Å². The van der Waals surface area contributed by atoms with E-state index in [0.29, 0.717) is 0 Å². The van der Waals surface area contributed by atoms with Crippen LogP contribution < -0.4 is 0 Å². The zero-order valence-corrected chi connectivity index (χ0v) is 11.3. The quantitative estimate of drug-likeness (QED) is 0.336. The lowest BCUT2D eigenvalue weighted by atomic mass is 9.88. The number of hydrogen-bond acceptors (Lipinski definition) is 4. The fraction of sp³-hybridized carbons (Fsp3) is 0.727. The van der Waals surface area contributed by atoms with Crippen LogP contribution in [-0.4, -0.2) is 39.4 Å². The predicted octanol–water partition coefficient (Wildman–Crippen LogP) is 1.06. The van der Waals surface area contributed by atoms with Crippen LogP contribution in [0.15, 0.2) is 12.2 Å². The lowest BCUT2D eigenvalue weighted by Gasteiger charge is -2.37. The van der Waals surface area contributed by atoms with E-state index < -0.39 is 12.0 Å². The number of carbonyl (C=O) groups is 1. The molecular weight excluding hydrogens is 323 g/mol. The molecule has 0 saturated carbocycles. The minimum atomic E-state index is -0.696. The Morgan fingerprint density at radius 1 is 1.50 bits per heavy atom. The Morgan fingerprint density at radius 2 is 2.19 bits per heavy atom. The number of aliphatic hydroxyl groups is 1. The molecule has 0 aromatic heterocycles. The maximum absolute atomic E-state index is 11.6. The highest BCUT2D eigenvalue weighted by atomic mass is 127. The molecule has 16 heavy (non-hydrogen) atoms. The maximum atomic E-state index is 11.6. The summed E-state index contributed by atoms with van der Waals surface area (Å²) in [5, 5.41) is 10.1. The van der Waals surface area contributed by atoms with Gasteiger partial charge in [0.1, 0.15) is 18.1 Å². The second-order valence-corrected chi connectivity index (χ2v) is 5.63. The Labute approximate surface area is 108 Å². The molecule has 2 aliphatic rings. The first-order chi connectivity index (χ1) is 7.56. The molecule has 0 aromatic carbocycles. The van der Waals surface area contributed by atoms with Crippen molar-refractivity contribution in [3.8, 4) is 0 Å². The summed E-state index contributed by atoms with van der Waals surface area (Å²) in [6.07, 6.45) is 2.35. The normalized spacial score (nSPS) is 48.1. The number of allylic oxidation sites excluding steroid dienone is 1. The number of halogens is 1. The molecule has 1 N–H and O–H groups in total. The average molecular weight is 338 g/mol. The highest BCUT2D eigenvalue weighted by Gasteiger charge is 2.54. The van der Waals surface area contributed by atoms with E-state index in [-0.39, 0.29) is 28.2 Å². The fourth-order valence-electron chi connectivity index (χ4n) is 2.27. The largest absolute Gasteiger partial charge is 0.460 e. The number of fused-ring (bicyclic) bond motifs is 1. The summed E-state index contributed by atoms with van der Waals surface area (Å²) in [5.74, 6) is -0.871. The van der Waals surface area contributed by atoms with Gasteiger partial charge in [-0.25, -0.2) is 0 Å². The van der Waals surface area contributed by atoms with Crippen LogP contribution in [0, 0.1) is 5.92 Å². The fourth-order valence-corrected chi connectivity index (χ4v) is 3.13. The molecule has 0 unspecified atom stereocenters. The molecule has 0 amide bonds.